The van der Waals surface area contributed by atoms with Crippen molar-refractivity contribution in [2.24, 2.45) is 0 Å². The molecule has 3 heterocycles. The van der Waals surface area contributed by atoms with Crippen LogP contribution in [0.4, 0.5) is 5.69 Å². The highest BCUT2D eigenvalue weighted by Gasteiger charge is 2.42. The van der Waals surface area contributed by atoms with E-state index in [-0.39, 0.29) is 17.6 Å². The molecule has 2 unspecified atom stereocenters. The molecule has 2 aromatic heterocycles. The van der Waals surface area contributed by atoms with Gasteiger partial charge in [-0.15, -0.1) is 0 Å². The SMILES string of the molecule is Cc1ccc(C(=O)O)cc1-n1c(C)cc(C2C(c3ccccn3)NC(=S)N2c2ccc(Br)cc2)c1C. The van der Waals surface area contributed by atoms with Crippen molar-refractivity contribution >= 4 is 44.9 Å². The summed E-state index contributed by atoms with van der Waals surface area (Å²) in [5.74, 6) is -0.944. The van der Waals surface area contributed by atoms with Gasteiger partial charge in [-0.2, -0.15) is 0 Å². The first-order valence-corrected chi connectivity index (χ1v) is 12.8. The second kappa shape index (κ2) is 9.52. The van der Waals surface area contributed by atoms with Gasteiger partial charge in [-0.3, -0.25) is 4.98 Å². The normalized spacial score (nSPS) is 17.3. The van der Waals surface area contributed by atoms with E-state index >= 15 is 0 Å². The van der Waals surface area contributed by atoms with Gasteiger partial charge in [-0.05, 0) is 98.7 Å². The number of aryl methyl sites for hydroxylation is 2. The molecule has 5 rings (SSSR count). The molecule has 0 amide bonds. The fraction of sp³-hybridized carbons (Fsp3) is 0.179. The van der Waals surface area contributed by atoms with Gasteiger partial charge in [0.15, 0.2) is 5.11 Å². The van der Waals surface area contributed by atoms with Gasteiger partial charge < -0.3 is 19.9 Å². The highest BCUT2D eigenvalue weighted by Crippen LogP contribution is 2.44. The van der Waals surface area contributed by atoms with E-state index in [1.54, 1.807) is 18.3 Å². The molecule has 2 aromatic carbocycles. The maximum atomic E-state index is 11.7. The number of anilines is 1. The Morgan fingerprint density at radius 2 is 1.81 bits per heavy atom. The molecule has 6 nitrogen and oxygen atoms in total. The van der Waals surface area contributed by atoms with E-state index in [0.29, 0.717) is 5.11 Å². The van der Waals surface area contributed by atoms with E-state index in [4.69, 9.17) is 12.2 Å². The van der Waals surface area contributed by atoms with Crippen LogP contribution < -0.4 is 10.2 Å². The molecule has 2 atom stereocenters. The molecular weight excluding hydrogens is 536 g/mol. The smallest absolute Gasteiger partial charge is 0.335 e. The van der Waals surface area contributed by atoms with E-state index in [0.717, 1.165) is 44.1 Å². The Bertz CT molecular complexity index is 1470. The number of hydrogen-bond donors (Lipinski definition) is 2. The minimum atomic E-state index is -0.944. The lowest BCUT2D eigenvalue weighted by Crippen LogP contribution is -2.29. The number of aromatic nitrogens is 2. The van der Waals surface area contributed by atoms with Crippen LogP contribution >= 0.6 is 28.1 Å². The van der Waals surface area contributed by atoms with Crippen LogP contribution in [0.5, 0.6) is 0 Å². The molecule has 36 heavy (non-hydrogen) atoms. The standard InChI is InChI=1S/C28H25BrN4O2S/c1-16-7-8-19(27(34)35)15-24(16)32-17(2)14-22(18(32)3)26-25(23-6-4-5-13-30-23)31-28(36)33(26)21-11-9-20(29)10-12-21/h4-15,25-26H,1-3H3,(H,31,36)(H,34,35). The number of rotatable bonds is 5. The first-order chi connectivity index (χ1) is 17.3. The third-order valence-electron chi connectivity index (χ3n) is 6.69. The number of halogens is 1. The van der Waals surface area contributed by atoms with Crippen LogP contribution in [0.1, 0.15) is 50.7 Å². The highest BCUT2D eigenvalue weighted by molar-refractivity contribution is 9.10. The molecule has 2 N–H and O–H groups in total. The number of carboxylic acids is 1. The number of pyridine rings is 1. The monoisotopic (exact) mass is 560 g/mol. The molecule has 0 bridgehead atoms. The number of carbonyl (C=O) groups is 1. The molecule has 1 aliphatic rings. The van der Waals surface area contributed by atoms with Crippen molar-refractivity contribution < 1.29 is 9.90 Å². The highest BCUT2D eigenvalue weighted by atomic mass is 79.9. The largest absolute Gasteiger partial charge is 0.478 e. The van der Waals surface area contributed by atoms with Crippen LogP contribution in [0.15, 0.2) is 77.4 Å². The van der Waals surface area contributed by atoms with Crippen molar-refractivity contribution in [2.75, 3.05) is 4.90 Å². The molecule has 1 fully saturated rings. The Hall–Kier alpha value is -3.49. The lowest BCUT2D eigenvalue weighted by Gasteiger charge is -2.28. The van der Waals surface area contributed by atoms with Crippen molar-refractivity contribution in [3.8, 4) is 5.69 Å². The average Bonchev–Trinajstić information content (AvgIpc) is 3.35. The first kappa shape index (κ1) is 24.2. The minimum Gasteiger partial charge on any atom is -0.478 e. The lowest BCUT2D eigenvalue weighted by atomic mass is 9.96. The number of thiocarbonyl (C=S) groups is 1. The van der Waals surface area contributed by atoms with Gasteiger partial charge in [0.2, 0.25) is 0 Å². The molecule has 0 saturated carbocycles. The fourth-order valence-corrected chi connectivity index (χ4v) is 5.60. The Morgan fingerprint density at radius 1 is 1.06 bits per heavy atom. The zero-order chi connectivity index (χ0) is 25.6. The van der Waals surface area contributed by atoms with Gasteiger partial charge >= 0.3 is 5.97 Å². The summed E-state index contributed by atoms with van der Waals surface area (Å²) in [7, 11) is 0. The zero-order valence-corrected chi connectivity index (χ0v) is 22.5. The van der Waals surface area contributed by atoms with Crippen LogP contribution in [0.3, 0.4) is 0 Å². The predicted molar refractivity (Wildman–Crippen MR) is 149 cm³/mol. The van der Waals surface area contributed by atoms with Crippen LogP contribution in [0, 0.1) is 20.8 Å². The topological polar surface area (TPSA) is 70.4 Å². The zero-order valence-electron chi connectivity index (χ0n) is 20.1. The fourth-order valence-electron chi connectivity index (χ4n) is 4.99. The van der Waals surface area contributed by atoms with Crippen LogP contribution in [-0.2, 0) is 0 Å². The van der Waals surface area contributed by atoms with E-state index in [1.807, 2.05) is 62.4 Å². The molecule has 1 aliphatic heterocycles. The van der Waals surface area contributed by atoms with Gasteiger partial charge in [0.05, 0.1) is 23.3 Å². The summed E-state index contributed by atoms with van der Waals surface area (Å²) in [5.41, 5.74) is 7.13. The van der Waals surface area contributed by atoms with Crippen LogP contribution in [-0.4, -0.2) is 25.7 Å². The summed E-state index contributed by atoms with van der Waals surface area (Å²) in [6.45, 7) is 6.12. The Morgan fingerprint density at radius 3 is 2.47 bits per heavy atom. The molecular formula is C28H25BrN4O2S. The minimum absolute atomic E-state index is 0.156. The summed E-state index contributed by atoms with van der Waals surface area (Å²) in [5, 5.41) is 13.7. The molecule has 8 heteroatoms. The third-order valence-corrected chi connectivity index (χ3v) is 7.53. The third kappa shape index (κ3) is 4.20. The molecule has 0 spiro atoms. The van der Waals surface area contributed by atoms with Crippen LogP contribution in [0.2, 0.25) is 0 Å². The van der Waals surface area contributed by atoms with E-state index in [2.05, 4.69) is 48.7 Å². The van der Waals surface area contributed by atoms with E-state index in [9.17, 15) is 9.90 Å². The number of nitrogens with zero attached hydrogens (tertiary/aromatic N) is 3. The Kier molecular flexibility index (Phi) is 6.40. The summed E-state index contributed by atoms with van der Waals surface area (Å²) in [4.78, 5) is 18.5. The molecule has 1 saturated heterocycles. The van der Waals surface area contributed by atoms with Gasteiger partial charge in [-0.1, -0.05) is 28.1 Å². The van der Waals surface area contributed by atoms with Crippen LogP contribution in [0.25, 0.3) is 5.69 Å². The molecule has 4 aromatic rings. The summed E-state index contributed by atoms with van der Waals surface area (Å²) < 4.78 is 3.13. The van der Waals surface area contributed by atoms with Gasteiger partial charge in [0, 0.05) is 33.4 Å². The number of aromatic carboxylic acids is 1. The maximum Gasteiger partial charge on any atom is 0.335 e. The van der Waals surface area contributed by atoms with Gasteiger partial charge in [0.25, 0.3) is 0 Å². The lowest BCUT2D eigenvalue weighted by molar-refractivity contribution is 0.0697. The summed E-state index contributed by atoms with van der Waals surface area (Å²) >= 11 is 9.38. The number of nitrogens with one attached hydrogen (secondary N) is 1. The van der Waals surface area contributed by atoms with Gasteiger partial charge in [0.1, 0.15) is 0 Å². The first-order valence-electron chi connectivity index (χ1n) is 11.6. The summed E-state index contributed by atoms with van der Waals surface area (Å²) in [6, 6.07) is 21.1. The van der Waals surface area contributed by atoms with Gasteiger partial charge in [-0.25, -0.2) is 4.79 Å². The number of hydrogen-bond acceptors (Lipinski definition) is 3. The Labute approximate surface area is 223 Å². The predicted octanol–water partition coefficient (Wildman–Crippen LogP) is 6.44. The van der Waals surface area contributed by atoms with Crippen molar-refractivity contribution in [2.45, 2.75) is 32.9 Å². The molecule has 182 valence electrons. The van der Waals surface area contributed by atoms with Crippen molar-refractivity contribution in [1.29, 1.82) is 0 Å². The summed E-state index contributed by atoms with van der Waals surface area (Å²) in [6.07, 6.45) is 1.80. The maximum absolute atomic E-state index is 11.7. The van der Waals surface area contributed by atoms with E-state index < -0.39 is 5.97 Å². The second-order valence-electron chi connectivity index (χ2n) is 8.94. The molecule has 0 aliphatic carbocycles. The van der Waals surface area contributed by atoms with Crippen molar-refractivity contribution in [3.63, 3.8) is 0 Å². The number of carboxylic acid groups (broad SMARTS) is 1. The quantitative estimate of drug-likeness (QED) is 0.274. The average molecular weight is 562 g/mol. The van der Waals surface area contributed by atoms with E-state index in [1.165, 1.54) is 0 Å². The van der Waals surface area contributed by atoms with Crippen molar-refractivity contribution in [1.82, 2.24) is 14.9 Å². The molecule has 0 radical (unpaired) electrons. The van der Waals surface area contributed by atoms with Crippen molar-refractivity contribution in [3.05, 3.63) is 111 Å². The second-order valence-corrected chi connectivity index (χ2v) is 10.2. The number of benzene rings is 2. The Balaban J connectivity index is 1.69.